The Morgan fingerprint density at radius 3 is 2.03 bits per heavy atom. The molecule has 0 N–H and O–H groups in total. The number of benzene rings is 3. The van der Waals surface area contributed by atoms with E-state index >= 15 is 4.39 Å². The highest BCUT2D eigenvalue weighted by atomic mass is 35.5. The van der Waals surface area contributed by atoms with E-state index in [1.165, 1.54) is 54.4 Å². The first-order valence-electron chi connectivity index (χ1n) is 11.3. The molecule has 0 unspecified atom stereocenters. The first kappa shape index (κ1) is 17.5. The molecule has 0 atom stereocenters. The van der Waals surface area contributed by atoms with E-state index in [0.717, 1.165) is 23.0 Å². The van der Waals surface area contributed by atoms with E-state index in [4.69, 9.17) is 11.6 Å². The van der Waals surface area contributed by atoms with E-state index in [0.29, 0.717) is 16.9 Å². The Kier molecular flexibility index (Phi) is 3.50. The molecule has 1 spiro atoms. The fraction of sp³-hybridized carbons (Fsp3) is 0.357. The fourth-order valence-corrected chi connectivity index (χ4v) is 8.37. The SMILES string of the molecule is Fc1cc(-c2ccccc2Cl)c2c(c1)C1(c3ccccc3-2)C2CC3CC(C2)CC1C3. The van der Waals surface area contributed by atoms with E-state index in [-0.39, 0.29) is 11.2 Å². The molecule has 4 saturated carbocycles. The Morgan fingerprint density at radius 2 is 1.33 bits per heavy atom. The van der Waals surface area contributed by atoms with Crippen molar-refractivity contribution >= 4 is 11.6 Å². The second-order valence-corrected chi connectivity index (χ2v) is 10.5. The molecule has 0 aromatic heterocycles. The predicted molar refractivity (Wildman–Crippen MR) is 120 cm³/mol. The van der Waals surface area contributed by atoms with Gasteiger partial charge in [-0.05, 0) is 102 Å². The minimum atomic E-state index is -0.135. The van der Waals surface area contributed by atoms with Crippen molar-refractivity contribution in [2.24, 2.45) is 23.7 Å². The van der Waals surface area contributed by atoms with Crippen LogP contribution in [0.15, 0.2) is 60.7 Å². The van der Waals surface area contributed by atoms with E-state index in [1.807, 2.05) is 30.3 Å². The lowest BCUT2D eigenvalue weighted by Gasteiger charge is -2.61. The first-order chi connectivity index (χ1) is 14.7. The lowest BCUT2D eigenvalue weighted by molar-refractivity contribution is -0.0400. The molecule has 30 heavy (non-hydrogen) atoms. The quantitative estimate of drug-likeness (QED) is 0.380. The van der Waals surface area contributed by atoms with Gasteiger partial charge >= 0.3 is 0 Å². The summed E-state index contributed by atoms with van der Waals surface area (Å²) < 4.78 is 15.2. The Hall–Kier alpha value is -2.12. The first-order valence-corrected chi connectivity index (χ1v) is 11.7. The third-order valence-electron chi connectivity index (χ3n) is 8.78. The van der Waals surface area contributed by atoms with Gasteiger partial charge in [0.25, 0.3) is 0 Å². The molecule has 0 nitrogen and oxygen atoms in total. The van der Waals surface area contributed by atoms with E-state index < -0.39 is 0 Å². The number of halogens is 2. The van der Waals surface area contributed by atoms with Crippen LogP contribution < -0.4 is 0 Å². The molecule has 3 aromatic carbocycles. The number of fused-ring (bicyclic) bond motifs is 3. The fourth-order valence-electron chi connectivity index (χ4n) is 8.13. The molecule has 0 radical (unpaired) electrons. The monoisotopic (exact) mass is 414 g/mol. The number of hydrogen-bond donors (Lipinski definition) is 0. The lowest BCUT2D eigenvalue weighted by atomic mass is 9.43. The zero-order valence-corrected chi connectivity index (χ0v) is 17.6. The second-order valence-electron chi connectivity index (χ2n) is 10.1. The Bertz CT molecular complexity index is 1160. The summed E-state index contributed by atoms with van der Waals surface area (Å²) in [5.41, 5.74) is 7.10. The molecule has 0 amide bonds. The van der Waals surface area contributed by atoms with Gasteiger partial charge in [-0.15, -0.1) is 0 Å². The van der Waals surface area contributed by atoms with Crippen LogP contribution in [0, 0.1) is 29.5 Å². The van der Waals surface area contributed by atoms with E-state index in [1.54, 1.807) is 6.07 Å². The van der Waals surface area contributed by atoms with Gasteiger partial charge in [0, 0.05) is 16.0 Å². The maximum absolute atomic E-state index is 15.2. The highest BCUT2D eigenvalue weighted by Gasteiger charge is 2.61. The van der Waals surface area contributed by atoms with Gasteiger partial charge in [0.05, 0.1) is 0 Å². The molecule has 150 valence electrons. The van der Waals surface area contributed by atoms with Crippen molar-refractivity contribution in [1.29, 1.82) is 0 Å². The summed E-state index contributed by atoms with van der Waals surface area (Å²) in [6, 6.07) is 20.4. The largest absolute Gasteiger partial charge is 0.207 e. The van der Waals surface area contributed by atoms with Crippen LogP contribution in [0.3, 0.4) is 0 Å². The maximum atomic E-state index is 15.2. The summed E-state index contributed by atoms with van der Waals surface area (Å²) in [6.45, 7) is 0. The topological polar surface area (TPSA) is 0 Å². The summed E-state index contributed by atoms with van der Waals surface area (Å²) in [7, 11) is 0. The smallest absolute Gasteiger partial charge is 0.124 e. The summed E-state index contributed by atoms with van der Waals surface area (Å²) in [6.07, 6.45) is 6.64. The Labute approximate surface area is 182 Å². The van der Waals surface area contributed by atoms with Crippen LogP contribution in [0.4, 0.5) is 4.39 Å². The van der Waals surface area contributed by atoms with Crippen molar-refractivity contribution in [2.45, 2.75) is 37.5 Å². The van der Waals surface area contributed by atoms with Crippen molar-refractivity contribution in [1.82, 2.24) is 0 Å². The third kappa shape index (κ3) is 2.07. The molecular formula is C28H24ClF. The molecule has 4 fully saturated rings. The summed E-state index contributed by atoms with van der Waals surface area (Å²) in [5.74, 6) is 2.90. The third-order valence-corrected chi connectivity index (χ3v) is 9.11. The van der Waals surface area contributed by atoms with Crippen LogP contribution in [-0.2, 0) is 5.41 Å². The molecule has 5 aliphatic rings. The molecular weight excluding hydrogens is 391 g/mol. The van der Waals surface area contributed by atoms with Crippen LogP contribution in [0.2, 0.25) is 5.02 Å². The van der Waals surface area contributed by atoms with E-state index in [9.17, 15) is 0 Å². The minimum Gasteiger partial charge on any atom is -0.207 e. The van der Waals surface area contributed by atoms with Crippen molar-refractivity contribution in [3.8, 4) is 22.3 Å². The van der Waals surface area contributed by atoms with Crippen LogP contribution in [0.25, 0.3) is 22.3 Å². The summed E-state index contributed by atoms with van der Waals surface area (Å²) >= 11 is 6.62. The average molecular weight is 415 g/mol. The lowest BCUT2D eigenvalue weighted by Crippen LogP contribution is -2.55. The number of rotatable bonds is 1. The van der Waals surface area contributed by atoms with Gasteiger partial charge in [0.15, 0.2) is 0 Å². The van der Waals surface area contributed by atoms with Gasteiger partial charge in [-0.2, -0.15) is 0 Å². The van der Waals surface area contributed by atoms with Gasteiger partial charge in [0.1, 0.15) is 5.82 Å². The van der Waals surface area contributed by atoms with Crippen LogP contribution >= 0.6 is 11.6 Å². The van der Waals surface area contributed by atoms with Gasteiger partial charge in [0.2, 0.25) is 0 Å². The summed E-state index contributed by atoms with van der Waals surface area (Å²) in [4.78, 5) is 0. The molecule has 0 aliphatic heterocycles. The zero-order valence-electron chi connectivity index (χ0n) is 16.9. The normalized spacial score (nSPS) is 32.5. The van der Waals surface area contributed by atoms with Crippen molar-refractivity contribution in [3.63, 3.8) is 0 Å². The molecule has 8 rings (SSSR count). The standard InChI is InChI=1S/C28H24ClF/c29-26-8-4-2-5-21(26)23-14-20(30)15-25-27(23)22-6-1-3-7-24(22)28(25)18-10-16-9-17(12-18)13-19(28)11-16/h1-8,14-19H,9-13H2. The Morgan fingerprint density at radius 1 is 0.700 bits per heavy atom. The zero-order chi connectivity index (χ0) is 20.0. The number of hydrogen-bond acceptors (Lipinski definition) is 0. The van der Waals surface area contributed by atoms with Crippen molar-refractivity contribution < 1.29 is 4.39 Å². The van der Waals surface area contributed by atoms with Crippen LogP contribution in [0.5, 0.6) is 0 Å². The van der Waals surface area contributed by atoms with Gasteiger partial charge < -0.3 is 0 Å². The highest BCUT2D eigenvalue weighted by molar-refractivity contribution is 6.33. The van der Waals surface area contributed by atoms with Gasteiger partial charge in [-0.3, -0.25) is 0 Å². The van der Waals surface area contributed by atoms with Crippen LogP contribution in [-0.4, -0.2) is 0 Å². The van der Waals surface area contributed by atoms with Gasteiger partial charge in [-0.25, -0.2) is 4.39 Å². The van der Waals surface area contributed by atoms with Crippen molar-refractivity contribution in [2.75, 3.05) is 0 Å². The van der Waals surface area contributed by atoms with E-state index in [2.05, 4.69) is 24.3 Å². The highest BCUT2D eigenvalue weighted by Crippen LogP contribution is 2.70. The molecule has 0 saturated heterocycles. The molecule has 2 heteroatoms. The average Bonchev–Trinajstić information content (AvgIpc) is 3.02. The molecule has 0 heterocycles. The van der Waals surface area contributed by atoms with Gasteiger partial charge in [-0.1, -0.05) is 54.1 Å². The Balaban J connectivity index is 1.58. The van der Waals surface area contributed by atoms with Crippen LogP contribution in [0.1, 0.15) is 43.2 Å². The molecule has 5 aliphatic carbocycles. The minimum absolute atomic E-state index is 0.0164. The maximum Gasteiger partial charge on any atom is 0.124 e. The summed E-state index contributed by atoms with van der Waals surface area (Å²) in [5, 5.41) is 0.689. The van der Waals surface area contributed by atoms with Crippen molar-refractivity contribution in [3.05, 3.63) is 82.6 Å². The second kappa shape index (κ2) is 5.98. The predicted octanol–water partition coefficient (Wildman–Crippen LogP) is 7.87. The molecule has 3 aromatic rings. The molecule has 4 bridgehead atoms.